The summed E-state index contributed by atoms with van der Waals surface area (Å²) in [6.07, 6.45) is 0.941. The summed E-state index contributed by atoms with van der Waals surface area (Å²) in [4.78, 5) is 0. The lowest BCUT2D eigenvalue weighted by atomic mass is 9.66. The molecule has 3 unspecified atom stereocenters. The Labute approximate surface area is 132 Å². The second kappa shape index (κ2) is 8.36. The average molecular weight is 311 g/mol. The van der Waals surface area contributed by atoms with Crippen LogP contribution in [0, 0.1) is 17.2 Å². The predicted molar refractivity (Wildman–Crippen MR) is 93.8 cm³/mol. The van der Waals surface area contributed by atoms with E-state index in [4.69, 9.17) is 0 Å². The van der Waals surface area contributed by atoms with Gasteiger partial charge >= 0.3 is 7.12 Å². The molecule has 0 aromatic heterocycles. The molecule has 0 aliphatic rings. The standard InChI is InChI=1S/C16H34BNO2Si/c1-9-16(15(10-18)14(8)17(19)20)21(11(2)3,12(4)5)13(6)7/h11-16,19-20H,9H2,1-8H3. The molecule has 0 aliphatic carbocycles. The van der Waals surface area contributed by atoms with Gasteiger partial charge in [-0.25, -0.2) is 0 Å². The molecule has 2 N–H and O–H groups in total. The van der Waals surface area contributed by atoms with Gasteiger partial charge in [0.1, 0.15) is 0 Å². The van der Waals surface area contributed by atoms with Gasteiger partial charge in [0.25, 0.3) is 0 Å². The van der Waals surface area contributed by atoms with Gasteiger partial charge in [-0.15, -0.1) is 0 Å². The Kier molecular flexibility index (Phi) is 8.23. The van der Waals surface area contributed by atoms with Crippen molar-refractivity contribution in [2.75, 3.05) is 0 Å². The first-order valence-electron chi connectivity index (χ1n) is 8.34. The molecule has 21 heavy (non-hydrogen) atoms. The maximum Gasteiger partial charge on any atom is 0.455 e. The fourth-order valence-electron chi connectivity index (χ4n) is 4.96. The van der Waals surface area contributed by atoms with Crippen molar-refractivity contribution >= 4 is 15.2 Å². The van der Waals surface area contributed by atoms with Crippen molar-refractivity contribution in [2.24, 2.45) is 5.92 Å². The highest BCUT2D eigenvalue weighted by molar-refractivity contribution is 6.85. The molecule has 0 bridgehead atoms. The third kappa shape index (κ3) is 3.91. The maximum absolute atomic E-state index is 9.71. The largest absolute Gasteiger partial charge is 0.455 e. The van der Waals surface area contributed by atoms with Gasteiger partial charge < -0.3 is 10.0 Å². The molecular formula is C16H34BNO2Si. The van der Waals surface area contributed by atoms with Crippen LogP contribution in [0.3, 0.4) is 0 Å². The summed E-state index contributed by atoms with van der Waals surface area (Å²) < 4.78 is 0. The fourth-order valence-corrected chi connectivity index (χ4v) is 13.2. The van der Waals surface area contributed by atoms with Gasteiger partial charge in [0.05, 0.1) is 14.1 Å². The first kappa shape index (κ1) is 20.7. The maximum atomic E-state index is 9.71. The molecule has 3 nitrogen and oxygen atoms in total. The van der Waals surface area contributed by atoms with E-state index in [0.717, 1.165) is 6.42 Å². The monoisotopic (exact) mass is 311 g/mol. The van der Waals surface area contributed by atoms with E-state index in [1.54, 1.807) is 6.92 Å². The molecule has 3 atom stereocenters. The highest BCUT2D eigenvalue weighted by Gasteiger charge is 2.52. The van der Waals surface area contributed by atoms with E-state index >= 15 is 0 Å². The molecule has 0 amide bonds. The zero-order valence-electron chi connectivity index (χ0n) is 15.1. The summed E-state index contributed by atoms with van der Waals surface area (Å²) in [5.41, 5.74) is 2.00. The van der Waals surface area contributed by atoms with E-state index in [1.807, 2.05) is 0 Å². The molecule has 5 heteroatoms. The van der Waals surface area contributed by atoms with Crippen LogP contribution >= 0.6 is 0 Å². The topological polar surface area (TPSA) is 64.2 Å². The second-order valence-electron chi connectivity index (χ2n) is 7.41. The summed E-state index contributed by atoms with van der Waals surface area (Å²) in [6.45, 7) is 17.7. The van der Waals surface area contributed by atoms with Crippen LogP contribution in [0.25, 0.3) is 0 Å². The Hall–Kier alpha value is -0.308. The van der Waals surface area contributed by atoms with Crippen LogP contribution in [0.5, 0.6) is 0 Å². The lowest BCUT2D eigenvalue weighted by Crippen LogP contribution is -2.52. The summed E-state index contributed by atoms with van der Waals surface area (Å²) in [7, 11) is -3.21. The zero-order chi connectivity index (χ0) is 17.0. The third-order valence-electron chi connectivity index (χ3n) is 5.70. The minimum atomic E-state index is -1.79. The molecule has 0 aromatic rings. The molecule has 0 radical (unpaired) electrons. The lowest BCUT2D eigenvalue weighted by molar-refractivity contribution is 0.362. The van der Waals surface area contributed by atoms with E-state index in [1.165, 1.54) is 0 Å². The van der Waals surface area contributed by atoms with E-state index in [-0.39, 0.29) is 5.92 Å². The highest BCUT2D eigenvalue weighted by atomic mass is 28.3. The predicted octanol–water partition coefficient (Wildman–Crippen LogP) is 4.45. The Bertz CT molecular complexity index is 331. The lowest BCUT2D eigenvalue weighted by Gasteiger charge is -2.51. The molecule has 0 aromatic carbocycles. The quantitative estimate of drug-likeness (QED) is 0.651. The van der Waals surface area contributed by atoms with Crippen LogP contribution in [0.4, 0.5) is 0 Å². The van der Waals surface area contributed by atoms with E-state index in [9.17, 15) is 15.3 Å². The van der Waals surface area contributed by atoms with Crippen LogP contribution in [0.2, 0.25) is 28.0 Å². The van der Waals surface area contributed by atoms with Crippen molar-refractivity contribution in [1.29, 1.82) is 5.26 Å². The third-order valence-corrected chi connectivity index (χ3v) is 13.8. The van der Waals surface area contributed by atoms with Crippen molar-refractivity contribution in [2.45, 2.75) is 89.8 Å². The number of hydrogen-bond donors (Lipinski definition) is 2. The first-order chi connectivity index (χ1) is 9.58. The molecular weight excluding hydrogens is 277 g/mol. The second-order valence-corrected chi connectivity index (χ2v) is 13.6. The van der Waals surface area contributed by atoms with Crippen LogP contribution in [-0.4, -0.2) is 25.2 Å². The van der Waals surface area contributed by atoms with Crippen molar-refractivity contribution in [1.82, 2.24) is 0 Å². The van der Waals surface area contributed by atoms with E-state index in [0.29, 0.717) is 22.2 Å². The van der Waals surface area contributed by atoms with Gasteiger partial charge in [-0.05, 0) is 5.54 Å². The van der Waals surface area contributed by atoms with Crippen molar-refractivity contribution in [3.05, 3.63) is 0 Å². The molecule has 0 aliphatic heterocycles. The van der Waals surface area contributed by atoms with Crippen LogP contribution in [0.15, 0.2) is 0 Å². The van der Waals surface area contributed by atoms with Gasteiger partial charge in [-0.2, -0.15) is 5.26 Å². The van der Waals surface area contributed by atoms with Crippen LogP contribution < -0.4 is 0 Å². The first-order valence-corrected chi connectivity index (χ1v) is 10.6. The van der Waals surface area contributed by atoms with Crippen LogP contribution in [-0.2, 0) is 0 Å². The van der Waals surface area contributed by atoms with Crippen molar-refractivity contribution in [3.8, 4) is 6.07 Å². The summed E-state index contributed by atoms with van der Waals surface area (Å²) in [6, 6.07) is 2.42. The smallest absolute Gasteiger partial charge is 0.427 e. The molecule has 0 saturated heterocycles. The van der Waals surface area contributed by atoms with Crippen molar-refractivity contribution < 1.29 is 10.0 Å². The minimum absolute atomic E-state index is 0.283. The van der Waals surface area contributed by atoms with Gasteiger partial charge in [0, 0.05) is 11.7 Å². The highest BCUT2D eigenvalue weighted by Crippen LogP contribution is 2.55. The molecule has 0 rings (SSSR count). The molecule has 0 saturated carbocycles. The number of nitriles is 1. The van der Waals surface area contributed by atoms with Gasteiger partial charge in [0.2, 0.25) is 0 Å². The van der Waals surface area contributed by atoms with E-state index < -0.39 is 21.0 Å². The Morgan fingerprint density at radius 1 is 0.952 bits per heavy atom. The molecule has 0 spiro atoms. The number of nitrogens with zero attached hydrogens (tertiary/aromatic N) is 1. The normalized spacial score (nSPS) is 17.0. The number of hydrogen-bond acceptors (Lipinski definition) is 3. The summed E-state index contributed by atoms with van der Waals surface area (Å²) in [5.74, 6) is -0.683. The Morgan fingerprint density at radius 3 is 1.52 bits per heavy atom. The Morgan fingerprint density at radius 2 is 1.33 bits per heavy atom. The molecule has 122 valence electrons. The minimum Gasteiger partial charge on any atom is -0.427 e. The zero-order valence-corrected chi connectivity index (χ0v) is 16.1. The van der Waals surface area contributed by atoms with Gasteiger partial charge in [0.15, 0.2) is 0 Å². The van der Waals surface area contributed by atoms with E-state index in [2.05, 4.69) is 54.5 Å². The van der Waals surface area contributed by atoms with Gasteiger partial charge in [-0.1, -0.05) is 78.4 Å². The van der Waals surface area contributed by atoms with Crippen molar-refractivity contribution in [3.63, 3.8) is 0 Å². The summed E-state index contributed by atoms with van der Waals surface area (Å²) in [5, 5.41) is 28.8. The average Bonchev–Trinajstić information content (AvgIpc) is 2.36. The molecule has 0 fully saturated rings. The SMILES string of the molecule is CCC(C(C#N)C(C)B(O)O)[Si](C(C)C)(C(C)C)C(C)C. The summed E-state index contributed by atoms with van der Waals surface area (Å²) >= 11 is 0. The number of rotatable bonds is 8. The fraction of sp³-hybridized carbons (Fsp3) is 0.938. The Balaban J connectivity index is 5.98. The molecule has 0 heterocycles. The van der Waals surface area contributed by atoms with Gasteiger partial charge in [-0.3, -0.25) is 0 Å². The van der Waals surface area contributed by atoms with Crippen LogP contribution in [0.1, 0.15) is 61.8 Å².